The fraction of sp³-hybridized carbons (Fsp3) is 0.250. The second-order valence-electron chi connectivity index (χ2n) is 6.33. The Labute approximate surface area is 135 Å². The van der Waals surface area contributed by atoms with Gasteiger partial charge < -0.3 is 9.73 Å². The first kappa shape index (κ1) is 14.1. The van der Waals surface area contributed by atoms with Crippen LogP contribution in [0.3, 0.4) is 0 Å². The maximum absolute atomic E-state index is 12.3. The molecule has 1 aliphatic carbocycles. The normalized spacial score (nSPS) is 13.3. The molecule has 0 aliphatic heterocycles. The van der Waals surface area contributed by atoms with Crippen molar-refractivity contribution in [2.75, 3.05) is 5.32 Å². The largest absolute Gasteiger partial charge is 0.464 e. The summed E-state index contributed by atoms with van der Waals surface area (Å²) >= 11 is 0. The molecule has 3 heteroatoms. The Morgan fingerprint density at radius 1 is 1.17 bits per heavy atom. The summed E-state index contributed by atoms with van der Waals surface area (Å²) in [6.45, 7) is 2.01. The maximum Gasteiger partial charge on any atom is 0.228 e. The smallest absolute Gasteiger partial charge is 0.228 e. The number of carbonyl (C=O) groups is 1. The maximum atomic E-state index is 12.3. The topological polar surface area (TPSA) is 42.2 Å². The second-order valence-corrected chi connectivity index (χ2v) is 6.33. The van der Waals surface area contributed by atoms with Crippen molar-refractivity contribution in [2.24, 2.45) is 0 Å². The van der Waals surface area contributed by atoms with Crippen LogP contribution in [0.5, 0.6) is 0 Å². The molecule has 0 saturated carbocycles. The molecule has 0 unspecified atom stereocenters. The number of carbonyl (C=O) groups excluding carboxylic acids is 1. The molecule has 0 spiro atoms. The van der Waals surface area contributed by atoms with Gasteiger partial charge >= 0.3 is 0 Å². The van der Waals surface area contributed by atoms with Gasteiger partial charge in [0.15, 0.2) is 0 Å². The SMILES string of the molecule is Cc1cccc(NC(=O)Cc2coc3cc4c(cc23)CCC4)c1. The summed E-state index contributed by atoms with van der Waals surface area (Å²) in [5.74, 6) is -0.0150. The number of amides is 1. The third-order valence-corrected chi connectivity index (χ3v) is 4.52. The molecule has 3 nitrogen and oxygen atoms in total. The minimum Gasteiger partial charge on any atom is -0.464 e. The van der Waals surface area contributed by atoms with Crippen molar-refractivity contribution in [1.29, 1.82) is 0 Å². The van der Waals surface area contributed by atoms with Gasteiger partial charge in [0.1, 0.15) is 5.58 Å². The van der Waals surface area contributed by atoms with Crippen molar-refractivity contribution in [1.82, 2.24) is 0 Å². The van der Waals surface area contributed by atoms with Crippen LogP contribution in [0.1, 0.15) is 28.7 Å². The van der Waals surface area contributed by atoms with Crippen LogP contribution in [0.4, 0.5) is 5.69 Å². The van der Waals surface area contributed by atoms with E-state index in [4.69, 9.17) is 4.42 Å². The van der Waals surface area contributed by atoms with Gasteiger partial charge in [-0.25, -0.2) is 0 Å². The van der Waals surface area contributed by atoms with Crippen molar-refractivity contribution in [3.05, 3.63) is 64.9 Å². The predicted octanol–water partition coefficient (Wildman–Crippen LogP) is 4.41. The molecule has 1 heterocycles. The standard InChI is InChI=1S/C20H19NO2/c1-13-4-2-7-17(8-13)21-20(22)11-16-12-23-19-10-15-6-3-5-14(15)9-18(16)19/h2,4,7-10,12H,3,5-6,11H2,1H3,(H,21,22). The number of aryl methyl sites for hydroxylation is 3. The molecule has 0 radical (unpaired) electrons. The number of hydrogen-bond acceptors (Lipinski definition) is 2. The summed E-state index contributed by atoms with van der Waals surface area (Å²) in [6, 6.07) is 12.2. The van der Waals surface area contributed by atoms with Crippen LogP contribution >= 0.6 is 0 Å². The van der Waals surface area contributed by atoms with E-state index in [2.05, 4.69) is 17.4 Å². The number of nitrogens with one attached hydrogen (secondary N) is 1. The highest BCUT2D eigenvalue weighted by molar-refractivity contribution is 5.95. The zero-order chi connectivity index (χ0) is 15.8. The average Bonchev–Trinajstić information content (AvgIpc) is 3.12. The monoisotopic (exact) mass is 305 g/mol. The number of furan rings is 1. The number of benzene rings is 2. The van der Waals surface area contributed by atoms with Crippen molar-refractivity contribution in [2.45, 2.75) is 32.6 Å². The quantitative estimate of drug-likeness (QED) is 0.778. The molecule has 1 N–H and O–H groups in total. The molecule has 1 amide bonds. The van der Waals surface area contributed by atoms with Gasteiger partial charge in [-0.2, -0.15) is 0 Å². The number of fused-ring (bicyclic) bond motifs is 2. The predicted molar refractivity (Wildman–Crippen MR) is 91.8 cm³/mol. The molecule has 1 aliphatic rings. The summed E-state index contributed by atoms with van der Waals surface area (Å²) in [4.78, 5) is 12.3. The molecule has 1 aromatic heterocycles. The Balaban J connectivity index is 1.56. The van der Waals surface area contributed by atoms with E-state index in [0.29, 0.717) is 6.42 Å². The molecule has 3 aromatic rings. The molecule has 0 saturated heterocycles. The lowest BCUT2D eigenvalue weighted by Gasteiger charge is -2.05. The van der Waals surface area contributed by atoms with Crippen LogP contribution < -0.4 is 5.32 Å². The second kappa shape index (κ2) is 5.58. The van der Waals surface area contributed by atoms with Crippen LogP contribution in [0.25, 0.3) is 11.0 Å². The van der Waals surface area contributed by atoms with E-state index < -0.39 is 0 Å². The highest BCUT2D eigenvalue weighted by atomic mass is 16.3. The van der Waals surface area contributed by atoms with Crippen LogP contribution in [0.15, 0.2) is 47.1 Å². The Morgan fingerprint density at radius 2 is 2.00 bits per heavy atom. The molecule has 23 heavy (non-hydrogen) atoms. The Morgan fingerprint density at radius 3 is 2.83 bits per heavy atom. The lowest BCUT2D eigenvalue weighted by Crippen LogP contribution is -2.14. The lowest BCUT2D eigenvalue weighted by atomic mass is 10.0. The van der Waals surface area contributed by atoms with E-state index in [1.807, 2.05) is 31.2 Å². The van der Waals surface area contributed by atoms with E-state index in [1.54, 1.807) is 6.26 Å². The highest BCUT2D eigenvalue weighted by Crippen LogP contribution is 2.30. The summed E-state index contributed by atoms with van der Waals surface area (Å²) < 4.78 is 5.66. The minimum atomic E-state index is -0.0150. The van der Waals surface area contributed by atoms with Gasteiger partial charge in [-0.3, -0.25) is 4.79 Å². The lowest BCUT2D eigenvalue weighted by molar-refractivity contribution is -0.115. The molecule has 0 atom stereocenters. The summed E-state index contributed by atoms with van der Waals surface area (Å²) in [5.41, 5.74) is 6.61. The number of anilines is 1. The Kier molecular flexibility index (Phi) is 3.41. The molecular weight excluding hydrogens is 286 g/mol. The third-order valence-electron chi connectivity index (χ3n) is 4.52. The van der Waals surface area contributed by atoms with Crippen molar-refractivity contribution in [3.8, 4) is 0 Å². The van der Waals surface area contributed by atoms with Crippen LogP contribution in [-0.4, -0.2) is 5.91 Å². The zero-order valence-electron chi connectivity index (χ0n) is 13.2. The first-order valence-electron chi connectivity index (χ1n) is 8.07. The molecule has 0 bridgehead atoms. The molecule has 116 valence electrons. The van der Waals surface area contributed by atoms with Gasteiger partial charge in [-0.05, 0) is 67.1 Å². The van der Waals surface area contributed by atoms with Gasteiger partial charge in [-0.15, -0.1) is 0 Å². The molecule has 0 fully saturated rings. The number of hydrogen-bond donors (Lipinski definition) is 1. The summed E-state index contributed by atoms with van der Waals surface area (Å²) in [5, 5.41) is 4.03. The van der Waals surface area contributed by atoms with Gasteiger partial charge in [-0.1, -0.05) is 12.1 Å². The molecule has 4 rings (SSSR count). The Hall–Kier alpha value is -2.55. The Bertz CT molecular complexity index is 892. The van der Waals surface area contributed by atoms with Gasteiger partial charge in [0.2, 0.25) is 5.91 Å². The summed E-state index contributed by atoms with van der Waals surface area (Å²) in [7, 11) is 0. The van der Waals surface area contributed by atoms with E-state index in [0.717, 1.165) is 40.6 Å². The van der Waals surface area contributed by atoms with Crippen LogP contribution in [-0.2, 0) is 24.1 Å². The highest BCUT2D eigenvalue weighted by Gasteiger charge is 2.16. The van der Waals surface area contributed by atoms with E-state index >= 15 is 0 Å². The van der Waals surface area contributed by atoms with E-state index in [1.165, 1.54) is 17.5 Å². The third kappa shape index (κ3) is 2.74. The summed E-state index contributed by atoms with van der Waals surface area (Å²) in [6.07, 6.45) is 5.53. The van der Waals surface area contributed by atoms with Crippen LogP contribution in [0.2, 0.25) is 0 Å². The van der Waals surface area contributed by atoms with Crippen molar-refractivity contribution < 1.29 is 9.21 Å². The number of rotatable bonds is 3. The van der Waals surface area contributed by atoms with Crippen molar-refractivity contribution in [3.63, 3.8) is 0 Å². The average molecular weight is 305 g/mol. The minimum absolute atomic E-state index is 0.0150. The molecular formula is C20H19NO2. The fourth-order valence-electron chi connectivity index (χ4n) is 3.39. The van der Waals surface area contributed by atoms with E-state index in [9.17, 15) is 4.79 Å². The first-order valence-corrected chi connectivity index (χ1v) is 8.07. The fourth-order valence-corrected chi connectivity index (χ4v) is 3.39. The molecule has 2 aromatic carbocycles. The van der Waals surface area contributed by atoms with Crippen molar-refractivity contribution >= 4 is 22.6 Å². The van der Waals surface area contributed by atoms with Gasteiger partial charge in [0, 0.05) is 16.6 Å². The van der Waals surface area contributed by atoms with E-state index in [-0.39, 0.29) is 5.91 Å². The first-order chi connectivity index (χ1) is 11.2. The van der Waals surface area contributed by atoms with Gasteiger partial charge in [0.25, 0.3) is 0 Å². The van der Waals surface area contributed by atoms with Gasteiger partial charge in [0.05, 0.1) is 12.7 Å². The van der Waals surface area contributed by atoms with Crippen LogP contribution in [0, 0.1) is 6.92 Å². The zero-order valence-corrected chi connectivity index (χ0v) is 13.2.